The van der Waals surface area contributed by atoms with Crippen LogP contribution in [0.1, 0.15) is 0 Å². The Balaban J connectivity index is 2.26. The maximum atomic E-state index is 11.3. The van der Waals surface area contributed by atoms with E-state index < -0.39 is 26.9 Å². The minimum Gasteiger partial charge on any atom is -0.486 e. The predicted molar refractivity (Wildman–Crippen MR) is 63.8 cm³/mol. The molecule has 0 N–H and O–H groups in total. The van der Waals surface area contributed by atoms with E-state index in [-0.39, 0.29) is 23.8 Å². The molecule has 0 aromatic heterocycles. The lowest BCUT2D eigenvalue weighted by Gasteiger charge is -2.25. The third kappa shape index (κ3) is 2.93. The molecule has 104 valence electrons. The van der Waals surface area contributed by atoms with Gasteiger partial charge in [-0.1, -0.05) is 6.07 Å². The van der Waals surface area contributed by atoms with Gasteiger partial charge in [0.2, 0.25) is 5.75 Å². The second kappa shape index (κ2) is 5.02. The average molecular weight is 289 g/mol. The van der Waals surface area contributed by atoms with E-state index in [1.807, 2.05) is 0 Å². The molecule has 0 amide bonds. The number of benzene rings is 1. The molecule has 8 nitrogen and oxygen atoms in total. The molecule has 19 heavy (non-hydrogen) atoms. The van der Waals surface area contributed by atoms with Crippen LogP contribution < -0.4 is 9.47 Å². The molecule has 0 aliphatic carbocycles. The minimum atomic E-state index is -3.73. The van der Waals surface area contributed by atoms with Crippen LogP contribution in [0.15, 0.2) is 18.2 Å². The molecule has 0 fully saturated rings. The second-order valence-electron chi connectivity index (χ2n) is 3.80. The van der Waals surface area contributed by atoms with Gasteiger partial charge in [-0.05, 0) is 6.07 Å². The number of para-hydroxylation sites is 1. The van der Waals surface area contributed by atoms with Crippen molar-refractivity contribution in [3.8, 4) is 11.5 Å². The molecule has 1 aromatic rings. The lowest BCUT2D eigenvalue weighted by molar-refractivity contribution is -0.386. The molecule has 0 saturated heterocycles. The third-order valence-corrected chi connectivity index (χ3v) is 3.80. The Morgan fingerprint density at radius 3 is 2.89 bits per heavy atom. The Hall–Kier alpha value is -1.87. The van der Waals surface area contributed by atoms with Crippen molar-refractivity contribution in [3.05, 3.63) is 28.3 Å². The highest BCUT2D eigenvalue weighted by atomic mass is 32.2. The first-order chi connectivity index (χ1) is 8.93. The maximum Gasteiger partial charge on any atom is 0.314 e. The molecule has 1 heterocycles. The van der Waals surface area contributed by atoms with Crippen LogP contribution >= 0.6 is 0 Å². The van der Waals surface area contributed by atoms with Gasteiger partial charge in [0, 0.05) is 6.07 Å². The number of ether oxygens (including phenoxy) is 2. The molecule has 0 unspecified atom stereocenters. The van der Waals surface area contributed by atoms with Crippen LogP contribution in [0.25, 0.3) is 0 Å². The van der Waals surface area contributed by atoms with Crippen LogP contribution in [0, 0.1) is 10.1 Å². The number of rotatable bonds is 4. The van der Waals surface area contributed by atoms with Crippen molar-refractivity contribution in [2.45, 2.75) is 6.10 Å². The van der Waals surface area contributed by atoms with Crippen LogP contribution in [-0.2, 0) is 14.3 Å². The fourth-order valence-corrected chi connectivity index (χ4v) is 2.40. The summed E-state index contributed by atoms with van der Waals surface area (Å²) in [5.41, 5.74) is -0.267. The summed E-state index contributed by atoms with van der Waals surface area (Å²) in [5, 5.41) is 10.8. The zero-order chi connectivity index (χ0) is 14.0. The fraction of sp³-hybridized carbons (Fsp3) is 0.400. The molecule has 1 atom stereocenters. The predicted octanol–water partition coefficient (Wildman–Crippen LogP) is 0.711. The molecule has 0 saturated carbocycles. The van der Waals surface area contributed by atoms with Crippen LogP contribution in [-0.4, -0.2) is 38.9 Å². The van der Waals surface area contributed by atoms with Crippen molar-refractivity contribution in [2.75, 3.05) is 19.5 Å². The van der Waals surface area contributed by atoms with Gasteiger partial charge in [-0.25, -0.2) is 0 Å². The standard InChI is InChI=1S/C10H11NO7S/c1-16-19(14,15)6-7-5-17-9-4-2-3-8(11(12)13)10(9)18-7/h2-4,7H,5-6H2,1H3/t7-/m1/s1. The summed E-state index contributed by atoms with van der Waals surface area (Å²) in [6.07, 6.45) is -0.849. The van der Waals surface area contributed by atoms with Crippen LogP contribution in [0.2, 0.25) is 0 Å². The van der Waals surface area contributed by atoms with Gasteiger partial charge in [-0.2, -0.15) is 8.42 Å². The van der Waals surface area contributed by atoms with Crippen molar-refractivity contribution >= 4 is 15.8 Å². The van der Waals surface area contributed by atoms with E-state index >= 15 is 0 Å². The molecule has 1 aliphatic rings. The lowest BCUT2D eigenvalue weighted by Crippen LogP contribution is -2.36. The van der Waals surface area contributed by atoms with Gasteiger partial charge in [-0.15, -0.1) is 0 Å². The van der Waals surface area contributed by atoms with Gasteiger partial charge in [0.05, 0.1) is 12.0 Å². The molecule has 2 rings (SSSR count). The van der Waals surface area contributed by atoms with E-state index in [0.29, 0.717) is 0 Å². The summed E-state index contributed by atoms with van der Waals surface area (Å²) >= 11 is 0. The highest BCUT2D eigenvalue weighted by molar-refractivity contribution is 7.86. The molecule has 0 bridgehead atoms. The molecule has 1 aliphatic heterocycles. The smallest absolute Gasteiger partial charge is 0.314 e. The highest BCUT2D eigenvalue weighted by Crippen LogP contribution is 2.39. The third-order valence-electron chi connectivity index (χ3n) is 2.51. The highest BCUT2D eigenvalue weighted by Gasteiger charge is 2.31. The summed E-state index contributed by atoms with van der Waals surface area (Å²) < 4.78 is 37.5. The Morgan fingerprint density at radius 1 is 1.53 bits per heavy atom. The first-order valence-corrected chi connectivity index (χ1v) is 6.86. The van der Waals surface area contributed by atoms with Crippen molar-refractivity contribution in [2.24, 2.45) is 0 Å². The topological polar surface area (TPSA) is 105 Å². The van der Waals surface area contributed by atoms with Crippen LogP contribution in [0.4, 0.5) is 5.69 Å². The molecular formula is C10H11NO7S. The van der Waals surface area contributed by atoms with Gasteiger partial charge in [0.25, 0.3) is 10.1 Å². The van der Waals surface area contributed by atoms with E-state index in [9.17, 15) is 18.5 Å². The molecule has 0 radical (unpaired) electrons. The Morgan fingerprint density at radius 2 is 2.26 bits per heavy atom. The Labute approximate surface area is 109 Å². The van der Waals surface area contributed by atoms with E-state index in [2.05, 4.69) is 4.18 Å². The SMILES string of the molecule is COS(=O)(=O)C[C@H]1COc2cccc([N+](=O)[O-])c2O1. The van der Waals surface area contributed by atoms with Gasteiger partial charge < -0.3 is 9.47 Å². The molecule has 0 spiro atoms. The average Bonchev–Trinajstić information content (AvgIpc) is 2.37. The summed E-state index contributed by atoms with van der Waals surface area (Å²) in [6, 6.07) is 4.24. The number of fused-ring (bicyclic) bond motifs is 1. The molecule has 1 aromatic carbocycles. The zero-order valence-corrected chi connectivity index (χ0v) is 10.8. The number of hydrogen-bond acceptors (Lipinski definition) is 7. The van der Waals surface area contributed by atoms with Gasteiger partial charge in [-0.3, -0.25) is 14.3 Å². The van der Waals surface area contributed by atoms with Crippen LogP contribution in [0.5, 0.6) is 11.5 Å². The number of nitro groups is 1. The minimum absolute atomic E-state index is 0.0171. The Bertz CT molecular complexity index is 598. The lowest BCUT2D eigenvalue weighted by atomic mass is 10.2. The molecular weight excluding hydrogens is 278 g/mol. The summed E-state index contributed by atoms with van der Waals surface area (Å²) in [5.74, 6) is -0.273. The van der Waals surface area contributed by atoms with E-state index in [4.69, 9.17) is 9.47 Å². The number of nitrogens with zero attached hydrogens (tertiary/aromatic N) is 1. The van der Waals surface area contributed by atoms with Crippen LogP contribution in [0.3, 0.4) is 0 Å². The fourth-order valence-electron chi connectivity index (χ4n) is 1.64. The Kier molecular flexibility index (Phi) is 3.58. The second-order valence-corrected chi connectivity index (χ2v) is 5.59. The van der Waals surface area contributed by atoms with Gasteiger partial charge in [0.1, 0.15) is 18.5 Å². The van der Waals surface area contributed by atoms with E-state index in [1.54, 1.807) is 0 Å². The monoisotopic (exact) mass is 289 g/mol. The van der Waals surface area contributed by atoms with Crippen molar-refractivity contribution in [3.63, 3.8) is 0 Å². The van der Waals surface area contributed by atoms with Gasteiger partial charge >= 0.3 is 5.69 Å². The summed E-state index contributed by atoms with van der Waals surface area (Å²) in [4.78, 5) is 10.2. The largest absolute Gasteiger partial charge is 0.486 e. The van der Waals surface area contributed by atoms with Crippen molar-refractivity contribution in [1.29, 1.82) is 0 Å². The molecule has 9 heteroatoms. The number of nitro benzene ring substituents is 1. The van der Waals surface area contributed by atoms with Crippen molar-refractivity contribution < 1.29 is 27.0 Å². The first kappa shape index (κ1) is 13.6. The van der Waals surface area contributed by atoms with Gasteiger partial charge in [0.15, 0.2) is 5.75 Å². The van der Waals surface area contributed by atoms with E-state index in [1.165, 1.54) is 18.2 Å². The summed E-state index contributed by atoms with van der Waals surface area (Å²) in [6.45, 7) is -0.0171. The zero-order valence-electron chi connectivity index (χ0n) is 9.94. The number of hydrogen-bond donors (Lipinski definition) is 0. The normalized spacial score (nSPS) is 18.1. The summed E-state index contributed by atoms with van der Waals surface area (Å²) in [7, 11) is -2.69. The quantitative estimate of drug-likeness (QED) is 0.456. The van der Waals surface area contributed by atoms with Crippen molar-refractivity contribution in [1.82, 2.24) is 0 Å². The maximum absolute atomic E-state index is 11.3. The first-order valence-electron chi connectivity index (χ1n) is 5.28. The van der Waals surface area contributed by atoms with E-state index in [0.717, 1.165) is 7.11 Å².